The normalized spacial score (nSPS) is 11.1. The van der Waals surface area contributed by atoms with Crippen LogP contribution in [-0.4, -0.2) is 22.0 Å². The zero-order valence-corrected chi connectivity index (χ0v) is 18.8. The molecule has 0 saturated carbocycles. The number of aryl methyl sites for hydroxylation is 3. The standard InChI is InChI=1S/C28H30FN3O/c29-24-16-7-6-15-23(24)28(33)30-20-10-2-5-19-27-31-25-17-8-9-18-26(25)32(27)21-11-14-22-12-3-1-4-13-22/h1,3-4,6-9,12-13,15-18H,2,5,10-11,14,19-21H2,(H,30,33). The van der Waals surface area contributed by atoms with Gasteiger partial charge in [-0.1, -0.05) is 61.0 Å². The highest BCUT2D eigenvalue weighted by molar-refractivity contribution is 5.94. The van der Waals surface area contributed by atoms with Gasteiger partial charge in [-0.15, -0.1) is 0 Å². The lowest BCUT2D eigenvalue weighted by Gasteiger charge is -2.10. The smallest absolute Gasteiger partial charge is 0.254 e. The van der Waals surface area contributed by atoms with Crippen molar-refractivity contribution in [2.45, 2.75) is 45.1 Å². The molecule has 0 saturated heterocycles. The molecule has 0 bridgehead atoms. The maximum atomic E-state index is 13.7. The highest BCUT2D eigenvalue weighted by Gasteiger charge is 2.11. The summed E-state index contributed by atoms with van der Waals surface area (Å²) in [6.07, 6.45) is 5.85. The Morgan fingerprint density at radius 2 is 1.58 bits per heavy atom. The molecule has 4 aromatic rings. The van der Waals surface area contributed by atoms with Crippen molar-refractivity contribution in [3.8, 4) is 0 Å². The Hall–Kier alpha value is -3.47. The number of hydrogen-bond acceptors (Lipinski definition) is 2. The third-order valence-electron chi connectivity index (χ3n) is 5.90. The predicted molar refractivity (Wildman–Crippen MR) is 131 cm³/mol. The van der Waals surface area contributed by atoms with Crippen LogP contribution < -0.4 is 5.32 Å². The Morgan fingerprint density at radius 3 is 2.42 bits per heavy atom. The Labute approximate surface area is 194 Å². The molecule has 4 nitrogen and oxygen atoms in total. The fraction of sp³-hybridized carbons (Fsp3) is 0.286. The van der Waals surface area contributed by atoms with E-state index in [0.717, 1.165) is 56.4 Å². The van der Waals surface area contributed by atoms with Crippen molar-refractivity contribution in [3.63, 3.8) is 0 Å². The minimum atomic E-state index is -0.485. The highest BCUT2D eigenvalue weighted by Crippen LogP contribution is 2.19. The first-order chi connectivity index (χ1) is 16.2. The second kappa shape index (κ2) is 11.4. The Morgan fingerprint density at radius 1 is 0.818 bits per heavy atom. The number of benzene rings is 3. The first kappa shape index (κ1) is 22.7. The van der Waals surface area contributed by atoms with Crippen molar-refractivity contribution in [1.29, 1.82) is 0 Å². The van der Waals surface area contributed by atoms with Crippen LogP contribution in [0.1, 0.15) is 47.4 Å². The lowest BCUT2D eigenvalue weighted by molar-refractivity contribution is 0.0949. The van der Waals surface area contributed by atoms with Crippen molar-refractivity contribution in [3.05, 3.63) is 102 Å². The van der Waals surface area contributed by atoms with E-state index in [-0.39, 0.29) is 11.5 Å². The molecule has 170 valence electrons. The minimum absolute atomic E-state index is 0.0988. The maximum absolute atomic E-state index is 13.7. The van der Waals surface area contributed by atoms with Crippen molar-refractivity contribution in [2.24, 2.45) is 0 Å². The van der Waals surface area contributed by atoms with E-state index < -0.39 is 5.82 Å². The third kappa shape index (κ3) is 6.07. The molecule has 0 aliphatic rings. The van der Waals surface area contributed by atoms with E-state index in [4.69, 9.17) is 4.98 Å². The molecule has 1 N–H and O–H groups in total. The molecule has 0 aliphatic carbocycles. The molecular weight excluding hydrogens is 413 g/mol. The number of fused-ring (bicyclic) bond motifs is 1. The molecule has 0 spiro atoms. The van der Waals surface area contributed by atoms with Gasteiger partial charge in [0.05, 0.1) is 16.6 Å². The minimum Gasteiger partial charge on any atom is -0.352 e. The molecule has 1 amide bonds. The summed E-state index contributed by atoms with van der Waals surface area (Å²) in [7, 11) is 0. The number of nitrogens with one attached hydrogen (secondary N) is 1. The molecule has 33 heavy (non-hydrogen) atoms. The van der Waals surface area contributed by atoms with Crippen LogP contribution in [0.5, 0.6) is 0 Å². The van der Waals surface area contributed by atoms with Gasteiger partial charge >= 0.3 is 0 Å². The summed E-state index contributed by atoms with van der Waals surface area (Å²) in [5, 5.41) is 2.82. The molecule has 0 radical (unpaired) electrons. The molecule has 4 rings (SSSR count). The molecular formula is C28H30FN3O. The molecule has 1 aromatic heterocycles. The zero-order chi connectivity index (χ0) is 22.9. The average Bonchev–Trinajstić information content (AvgIpc) is 3.19. The van der Waals surface area contributed by atoms with Crippen molar-refractivity contribution < 1.29 is 9.18 Å². The highest BCUT2D eigenvalue weighted by atomic mass is 19.1. The summed E-state index contributed by atoms with van der Waals surface area (Å²) in [6, 6.07) is 25.0. The van der Waals surface area contributed by atoms with Gasteiger partial charge in [0.2, 0.25) is 0 Å². The second-order valence-corrected chi connectivity index (χ2v) is 8.30. The average molecular weight is 444 g/mol. The fourth-order valence-electron chi connectivity index (χ4n) is 4.18. The number of nitrogens with zero attached hydrogens (tertiary/aromatic N) is 2. The van der Waals surface area contributed by atoms with Gasteiger partial charge in [0.15, 0.2) is 0 Å². The van der Waals surface area contributed by atoms with Crippen LogP contribution in [0.2, 0.25) is 0 Å². The number of carbonyl (C=O) groups excluding carboxylic acids is 1. The van der Waals surface area contributed by atoms with Crippen LogP contribution in [0, 0.1) is 5.82 Å². The number of carbonyl (C=O) groups is 1. The summed E-state index contributed by atoms with van der Waals surface area (Å²) in [6.45, 7) is 1.49. The fourth-order valence-corrected chi connectivity index (χ4v) is 4.18. The molecule has 0 unspecified atom stereocenters. The summed E-state index contributed by atoms with van der Waals surface area (Å²) in [4.78, 5) is 17.0. The van der Waals surface area contributed by atoms with Crippen molar-refractivity contribution >= 4 is 16.9 Å². The van der Waals surface area contributed by atoms with Gasteiger partial charge in [-0.3, -0.25) is 4.79 Å². The molecule has 5 heteroatoms. The third-order valence-corrected chi connectivity index (χ3v) is 5.90. The van der Waals surface area contributed by atoms with E-state index >= 15 is 0 Å². The summed E-state index contributed by atoms with van der Waals surface area (Å²) < 4.78 is 16.1. The van der Waals surface area contributed by atoms with Gasteiger partial charge < -0.3 is 9.88 Å². The number of rotatable bonds is 11. The summed E-state index contributed by atoms with van der Waals surface area (Å²) in [5.74, 6) is 0.286. The van der Waals surface area contributed by atoms with Gasteiger partial charge in [0, 0.05) is 19.5 Å². The van der Waals surface area contributed by atoms with Crippen LogP contribution in [0.25, 0.3) is 11.0 Å². The molecule has 0 aliphatic heterocycles. The number of para-hydroxylation sites is 2. The quantitative estimate of drug-likeness (QED) is 0.291. The summed E-state index contributed by atoms with van der Waals surface area (Å²) >= 11 is 0. The second-order valence-electron chi connectivity index (χ2n) is 8.30. The zero-order valence-electron chi connectivity index (χ0n) is 18.8. The topological polar surface area (TPSA) is 46.9 Å². The van der Waals surface area contributed by atoms with Gasteiger partial charge in [-0.2, -0.15) is 0 Å². The largest absolute Gasteiger partial charge is 0.352 e. The summed E-state index contributed by atoms with van der Waals surface area (Å²) in [5.41, 5.74) is 3.70. The van der Waals surface area contributed by atoms with Gasteiger partial charge in [0.25, 0.3) is 5.91 Å². The molecule has 0 atom stereocenters. The number of amides is 1. The predicted octanol–water partition coefficient (Wildman–Crippen LogP) is 5.95. The van der Waals surface area contributed by atoms with E-state index in [1.807, 2.05) is 6.07 Å². The van der Waals surface area contributed by atoms with E-state index in [1.165, 1.54) is 23.2 Å². The lowest BCUT2D eigenvalue weighted by atomic mass is 10.1. The van der Waals surface area contributed by atoms with Crippen molar-refractivity contribution in [2.75, 3.05) is 6.54 Å². The van der Waals surface area contributed by atoms with Crippen LogP contribution in [0.4, 0.5) is 4.39 Å². The van der Waals surface area contributed by atoms with Gasteiger partial charge in [-0.05, 0) is 55.5 Å². The first-order valence-electron chi connectivity index (χ1n) is 11.7. The van der Waals surface area contributed by atoms with E-state index in [1.54, 1.807) is 12.1 Å². The number of halogens is 1. The van der Waals surface area contributed by atoms with Crippen LogP contribution in [0.3, 0.4) is 0 Å². The van der Waals surface area contributed by atoms with E-state index in [2.05, 4.69) is 58.4 Å². The lowest BCUT2D eigenvalue weighted by Crippen LogP contribution is -2.25. The van der Waals surface area contributed by atoms with E-state index in [9.17, 15) is 9.18 Å². The number of unbranched alkanes of at least 4 members (excludes halogenated alkanes) is 2. The first-order valence-corrected chi connectivity index (χ1v) is 11.7. The van der Waals surface area contributed by atoms with Gasteiger partial charge in [0.1, 0.15) is 11.6 Å². The Kier molecular flexibility index (Phi) is 7.85. The number of hydrogen-bond donors (Lipinski definition) is 1. The number of imidazole rings is 1. The SMILES string of the molecule is O=C(NCCCCCc1nc2ccccc2n1CCCc1ccccc1)c1ccccc1F. The monoisotopic (exact) mass is 443 g/mol. The maximum Gasteiger partial charge on any atom is 0.254 e. The molecule has 0 fully saturated rings. The molecule has 1 heterocycles. The van der Waals surface area contributed by atoms with Crippen LogP contribution >= 0.6 is 0 Å². The number of aromatic nitrogens is 2. The molecule has 3 aromatic carbocycles. The van der Waals surface area contributed by atoms with Crippen LogP contribution in [0.15, 0.2) is 78.9 Å². The van der Waals surface area contributed by atoms with Crippen LogP contribution in [-0.2, 0) is 19.4 Å². The Balaban J connectivity index is 1.27. The Bertz CT molecular complexity index is 1190. The van der Waals surface area contributed by atoms with E-state index in [0.29, 0.717) is 6.54 Å². The van der Waals surface area contributed by atoms with Gasteiger partial charge in [-0.25, -0.2) is 9.37 Å². The van der Waals surface area contributed by atoms with Crippen molar-refractivity contribution in [1.82, 2.24) is 14.9 Å².